The largest absolute Gasteiger partial charge is 0.396 e. The molecule has 1 N–H and O–H groups in total. The van der Waals surface area contributed by atoms with Gasteiger partial charge in [0.1, 0.15) is 0 Å². The molecule has 2 aliphatic heterocycles. The molecule has 0 saturated carbocycles. The molecule has 2 amide bonds. The van der Waals surface area contributed by atoms with E-state index in [2.05, 4.69) is 0 Å². The fraction of sp³-hybridized carbons (Fsp3) is 0.857. The monoisotopic (exact) mass is 268 g/mol. The van der Waals surface area contributed by atoms with Gasteiger partial charge < -0.3 is 14.9 Å². The van der Waals surface area contributed by atoms with Gasteiger partial charge in [0.15, 0.2) is 0 Å². The Labute approximate surface area is 114 Å². The maximum absolute atomic E-state index is 12.4. The van der Waals surface area contributed by atoms with Gasteiger partial charge in [0, 0.05) is 38.7 Å². The first-order valence-corrected chi connectivity index (χ1v) is 7.22. The van der Waals surface area contributed by atoms with E-state index in [1.807, 2.05) is 18.7 Å². The average molecular weight is 268 g/mol. The number of rotatable bonds is 4. The molecule has 0 spiro atoms. The van der Waals surface area contributed by atoms with Crippen molar-refractivity contribution in [2.24, 2.45) is 11.8 Å². The van der Waals surface area contributed by atoms with E-state index < -0.39 is 0 Å². The molecule has 0 aromatic carbocycles. The van der Waals surface area contributed by atoms with Gasteiger partial charge in [0.05, 0.1) is 5.92 Å². The van der Waals surface area contributed by atoms with Crippen molar-refractivity contribution in [3.63, 3.8) is 0 Å². The van der Waals surface area contributed by atoms with E-state index in [1.165, 1.54) is 0 Å². The Bertz CT molecular complexity index is 357. The number of amides is 2. The van der Waals surface area contributed by atoms with Crippen LogP contribution in [0.3, 0.4) is 0 Å². The molecule has 2 heterocycles. The fourth-order valence-electron chi connectivity index (χ4n) is 3.11. The van der Waals surface area contributed by atoms with Crippen LogP contribution in [0, 0.1) is 11.8 Å². The molecule has 2 aliphatic rings. The first-order chi connectivity index (χ1) is 9.02. The van der Waals surface area contributed by atoms with Crippen LogP contribution in [0.1, 0.15) is 33.1 Å². The first kappa shape index (κ1) is 14.3. The Morgan fingerprint density at radius 2 is 2.16 bits per heavy atom. The lowest BCUT2D eigenvalue weighted by Crippen LogP contribution is -2.37. The summed E-state index contributed by atoms with van der Waals surface area (Å²) >= 11 is 0. The maximum atomic E-state index is 12.4. The summed E-state index contributed by atoms with van der Waals surface area (Å²) in [5, 5.41) is 8.94. The summed E-state index contributed by atoms with van der Waals surface area (Å²) in [5.74, 6) is 0.478. The van der Waals surface area contributed by atoms with Crippen LogP contribution < -0.4 is 0 Å². The Morgan fingerprint density at radius 1 is 1.42 bits per heavy atom. The summed E-state index contributed by atoms with van der Waals surface area (Å²) in [6, 6.07) is 0.172. The minimum Gasteiger partial charge on any atom is -0.396 e. The highest BCUT2D eigenvalue weighted by atomic mass is 16.3. The van der Waals surface area contributed by atoms with E-state index in [-0.39, 0.29) is 30.4 Å². The van der Waals surface area contributed by atoms with Crippen LogP contribution in [0.5, 0.6) is 0 Å². The molecule has 108 valence electrons. The molecular formula is C14H24N2O3. The number of aliphatic hydroxyl groups excluding tert-OH is 1. The van der Waals surface area contributed by atoms with Gasteiger partial charge >= 0.3 is 0 Å². The first-order valence-electron chi connectivity index (χ1n) is 7.22. The Balaban J connectivity index is 1.90. The van der Waals surface area contributed by atoms with Gasteiger partial charge in [0.2, 0.25) is 11.8 Å². The van der Waals surface area contributed by atoms with E-state index >= 15 is 0 Å². The van der Waals surface area contributed by atoms with Crippen molar-refractivity contribution in [3.8, 4) is 0 Å². The van der Waals surface area contributed by atoms with Crippen LogP contribution in [-0.2, 0) is 9.59 Å². The highest BCUT2D eigenvalue weighted by Crippen LogP contribution is 2.26. The van der Waals surface area contributed by atoms with Gasteiger partial charge in [0.25, 0.3) is 0 Å². The predicted octanol–water partition coefficient (Wildman–Crippen LogP) is 0.474. The van der Waals surface area contributed by atoms with Gasteiger partial charge in [-0.2, -0.15) is 0 Å². The molecule has 5 heteroatoms. The second kappa shape index (κ2) is 5.90. The molecule has 0 aromatic rings. The maximum Gasteiger partial charge on any atom is 0.228 e. The highest BCUT2D eigenvalue weighted by Gasteiger charge is 2.39. The van der Waals surface area contributed by atoms with Crippen molar-refractivity contribution in [1.82, 2.24) is 9.80 Å². The third-order valence-electron chi connectivity index (χ3n) is 4.27. The van der Waals surface area contributed by atoms with Crippen molar-refractivity contribution in [1.29, 1.82) is 0 Å². The second-order valence-electron chi connectivity index (χ2n) is 5.99. The van der Waals surface area contributed by atoms with E-state index in [4.69, 9.17) is 5.11 Å². The van der Waals surface area contributed by atoms with Crippen LogP contribution in [0.15, 0.2) is 0 Å². The van der Waals surface area contributed by atoms with E-state index in [0.717, 1.165) is 25.9 Å². The number of hydrogen-bond donors (Lipinski definition) is 1. The van der Waals surface area contributed by atoms with Gasteiger partial charge in [-0.1, -0.05) is 0 Å². The smallest absolute Gasteiger partial charge is 0.228 e. The van der Waals surface area contributed by atoms with Crippen LogP contribution in [0.4, 0.5) is 0 Å². The van der Waals surface area contributed by atoms with Gasteiger partial charge in [-0.15, -0.1) is 0 Å². The standard InChI is InChI=1S/C14H24N2O3/c1-10(2)16-9-12(7-13(16)18)14(19)15-5-3-11(8-15)4-6-17/h10-12,17H,3-9H2,1-2H3. The summed E-state index contributed by atoms with van der Waals surface area (Å²) in [6.45, 7) is 6.24. The van der Waals surface area contributed by atoms with Crippen molar-refractivity contribution >= 4 is 11.8 Å². The van der Waals surface area contributed by atoms with E-state index in [0.29, 0.717) is 18.9 Å². The molecule has 2 fully saturated rings. The summed E-state index contributed by atoms with van der Waals surface area (Å²) < 4.78 is 0. The number of aliphatic hydroxyl groups is 1. The van der Waals surface area contributed by atoms with Crippen molar-refractivity contribution < 1.29 is 14.7 Å². The molecule has 2 rings (SSSR count). The minimum atomic E-state index is -0.164. The average Bonchev–Trinajstić information content (AvgIpc) is 2.95. The molecular weight excluding hydrogens is 244 g/mol. The summed E-state index contributed by atoms with van der Waals surface area (Å²) in [5.41, 5.74) is 0. The minimum absolute atomic E-state index is 0.0967. The summed E-state index contributed by atoms with van der Waals surface area (Å²) in [4.78, 5) is 27.9. The van der Waals surface area contributed by atoms with Crippen molar-refractivity contribution in [2.75, 3.05) is 26.2 Å². The molecule has 0 aromatic heterocycles. The van der Waals surface area contributed by atoms with Gasteiger partial charge in [-0.05, 0) is 32.6 Å². The Morgan fingerprint density at radius 3 is 2.74 bits per heavy atom. The molecule has 19 heavy (non-hydrogen) atoms. The molecule has 0 radical (unpaired) electrons. The van der Waals surface area contributed by atoms with Crippen molar-refractivity contribution in [2.45, 2.75) is 39.2 Å². The zero-order valence-corrected chi connectivity index (χ0v) is 11.8. The lowest BCUT2D eigenvalue weighted by Gasteiger charge is -2.23. The van der Waals surface area contributed by atoms with Gasteiger partial charge in [-0.3, -0.25) is 9.59 Å². The van der Waals surface area contributed by atoms with Crippen LogP contribution in [0.25, 0.3) is 0 Å². The molecule has 2 atom stereocenters. The molecule has 0 aliphatic carbocycles. The van der Waals surface area contributed by atoms with Crippen molar-refractivity contribution in [3.05, 3.63) is 0 Å². The molecule has 2 saturated heterocycles. The lowest BCUT2D eigenvalue weighted by atomic mass is 10.1. The summed E-state index contributed by atoms with van der Waals surface area (Å²) in [7, 11) is 0. The fourth-order valence-corrected chi connectivity index (χ4v) is 3.11. The molecule has 0 bridgehead atoms. The number of likely N-dealkylation sites (tertiary alicyclic amines) is 2. The molecule has 2 unspecified atom stereocenters. The van der Waals surface area contributed by atoms with E-state index in [1.54, 1.807) is 4.90 Å². The summed E-state index contributed by atoms with van der Waals surface area (Å²) in [6.07, 6.45) is 2.10. The lowest BCUT2D eigenvalue weighted by molar-refractivity contribution is -0.135. The zero-order valence-electron chi connectivity index (χ0n) is 11.8. The highest BCUT2D eigenvalue weighted by molar-refractivity contribution is 5.89. The Kier molecular flexibility index (Phi) is 4.45. The topological polar surface area (TPSA) is 60.9 Å². The third-order valence-corrected chi connectivity index (χ3v) is 4.27. The Hall–Kier alpha value is -1.10. The zero-order chi connectivity index (χ0) is 14.0. The SMILES string of the molecule is CC(C)N1CC(C(=O)N2CCC(CCO)C2)CC1=O. The number of carbonyl (C=O) groups is 2. The molecule has 5 nitrogen and oxygen atoms in total. The predicted molar refractivity (Wildman–Crippen MR) is 71.3 cm³/mol. The normalized spacial score (nSPS) is 27.7. The van der Waals surface area contributed by atoms with Crippen LogP contribution in [0.2, 0.25) is 0 Å². The number of nitrogens with zero attached hydrogens (tertiary/aromatic N) is 2. The quantitative estimate of drug-likeness (QED) is 0.806. The number of hydrogen-bond acceptors (Lipinski definition) is 3. The van der Waals surface area contributed by atoms with Crippen LogP contribution in [-0.4, -0.2) is 59.0 Å². The van der Waals surface area contributed by atoms with Gasteiger partial charge in [-0.25, -0.2) is 0 Å². The number of carbonyl (C=O) groups excluding carboxylic acids is 2. The second-order valence-corrected chi connectivity index (χ2v) is 5.99. The van der Waals surface area contributed by atoms with Crippen LogP contribution >= 0.6 is 0 Å². The van der Waals surface area contributed by atoms with E-state index in [9.17, 15) is 9.59 Å². The third kappa shape index (κ3) is 3.08.